The van der Waals surface area contributed by atoms with Crippen molar-refractivity contribution in [3.05, 3.63) is 91.3 Å². The van der Waals surface area contributed by atoms with Crippen LogP contribution in [0.25, 0.3) is 6.08 Å². The van der Waals surface area contributed by atoms with Crippen LogP contribution in [0.4, 0.5) is 11.4 Å². The van der Waals surface area contributed by atoms with Crippen LogP contribution in [0.1, 0.15) is 23.7 Å². The number of nitrogens with zero attached hydrogens (tertiary/aromatic N) is 4. The van der Waals surface area contributed by atoms with Crippen LogP contribution in [0.3, 0.4) is 0 Å². The normalized spacial score (nSPS) is 11.8. The fourth-order valence-electron chi connectivity index (χ4n) is 2.63. The molecule has 0 aliphatic rings. The third kappa shape index (κ3) is 5.50. The third-order valence-corrected chi connectivity index (χ3v) is 4.97. The van der Waals surface area contributed by atoms with Gasteiger partial charge in [-0.15, -0.1) is 0 Å². The number of hydrazone groups is 1. The number of nitro benzene ring substituents is 1. The zero-order valence-corrected chi connectivity index (χ0v) is 18.2. The summed E-state index contributed by atoms with van der Waals surface area (Å²) in [5, 5.41) is 19.8. The number of allylic oxidation sites excluding steroid dienone is 1. The van der Waals surface area contributed by atoms with Crippen LogP contribution in [0, 0.1) is 20.6 Å². The molecule has 3 rings (SSSR count). The van der Waals surface area contributed by atoms with Crippen LogP contribution < -0.4 is 5.43 Å². The molecule has 148 valence electrons. The maximum absolute atomic E-state index is 10.8. The number of nitro groups is 1. The number of hydrogen-bond donors (Lipinski definition) is 1. The van der Waals surface area contributed by atoms with Crippen LogP contribution in [0.2, 0.25) is 0 Å². The van der Waals surface area contributed by atoms with Gasteiger partial charge >= 0.3 is 0 Å². The largest absolute Gasteiger partial charge is 0.278 e. The molecule has 0 bridgehead atoms. The van der Waals surface area contributed by atoms with Gasteiger partial charge in [-0.3, -0.25) is 20.2 Å². The third-order valence-electron chi connectivity index (χ3n) is 4.25. The molecule has 3 aromatic rings. The van der Waals surface area contributed by atoms with E-state index in [2.05, 4.69) is 38.2 Å². The Balaban J connectivity index is 1.88. The lowest BCUT2D eigenvalue weighted by Gasteiger charge is -2.05. The number of aryl methyl sites for hydroxylation is 2. The Bertz CT molecular complexity index is 1050. The van der Waals surface area contributed by atoms with E-state index in [1.807, 2.05) is 61.1 Å². The van der Waals surface area contributed by atoms with Gasteiger partial charge in [0.05, 0.1) is 22.0 Å². The highest BCUT2D eigenvalue weighted by Crippen LogP contribution is 2.17. The van der Waals surface area contributed by atoms with Gasteiger partial charge in [-0.05, 0) is 72.9 Å². The summed E-state index contributed by atoms with van der Waals surface area (Å²) < 4.78 is 3.03. The predicted molar refractivity (Wildman–Crippen MR) is 124 cm³/mol. The summed E-state index contributed by atoms with van der Waals surface area (Å²) in [5.41, 5.74) is 7.37. The average molecular weight is 501 g/mol. The van der Waals surface area contributed by atoms with Crippen molar-refractivity contribution in [1.29, 1.82) is 0 Å². The van der Waals surface area contributed by atoms with Crippen molar-refractivity contribution in [2.75, 3.05) is 5.43 Å². The van der Waals surface area contributed by atoms with Crippen molar-refractivity contribution >= 4 is 45.8 Å². The smallest absolute Gasteiger partial charge is 0.269 e. The zero-order chi connectivity index (χ0) is 20.8. The molecule has 0 amide bonds. The number of nitrogens with one attached hydrogen (secondary N) is 1. The van der Waals surface area contributed by atoms with Gasteiger partial charge in [-0.1, -0.05) is 12.1 Å². The van der Waals surface area contributed by atoms with Crippen molar-refractivity contribution in [2.24, 2.45) is 5.10 Å². The molecule has 2 aromatic carbocycles. The minimum atomic E-state index is -0.425. The number of rotatable bonds is 7. The summed E-state index contributed by atoms with van der Waals surface area (Å²) in [6, 6.07) is 14.2. The Hall–Kier alpha value is -3.01. The van der Waals surface area contributed by atoms with Crippen molar-refractivity contribution in [3.8, 4) is 0 Å². The van der Waals surface area contributed by atoms with Gasteiger partial charge in [-0.2, -0.15) is 10.2 Å². The summed E-state index contributed by atoms with van der Waals surface area (Å²) in [7, 11) is 0. The van der Waals surface area contributed by atoms with Crippen molar-refractivity contribution in [3.63, 3.8) is 0 Å². The highest BCUT2D eigenvalue weighted by atomic mass is 127. The maximum Gasteiger partial charge on any atom is 0.269 e. The zero-order valence-electron chi connectivity index (χ0n) is 16.0. The Kier molecular flexibility index (Phi) is 6.76. The van der Waals surface area contributed by atoms with Gasteiger partial charge < -0.3 is 0 Å². The molecule has 0 aliphatic carbocycles. The number of anilines is 1. The summed E-state index contributed by atoms with van der Waals surface area (Å²) in [6.07, 6.45) is 5.93. The Labute approximate surface area is 182 Å². The molecule has 0 atom stereocenters. The Morgan fingerprint density at radius 3 is 2.52 bits per heavy atom. The highest BCUT2D eigenvalue weighted by Gasteiger charge is 2.06. The minimum Gasteiger partial charge on any atom is -0.278 e. The molecule has 1 heterocycles. The van der Waals surface area contributed by atoms with Crippen LogP contribution in [0.15, 0.2) is 65.9 Å². The number of non-ortho nitro benzene ring substituents is 1. The summed E-state index contributed by atoms with van der Waals surface area (Å²) >= 11 is 2.26. The van der Waals surface area contributed by atoms with E-state index in [-0.39, 0.29) is 5.69 Å². The van der Waals surface area contributed by atoms with Crippen molar-refractivity contribution in [1.82, 2.24) is 9.78 Å². The molecule has 0 saturated carbocycles. The van der Waals surface area contributed by atoms with E-state index in [4.69, 9.17) is 0 Å². The van der Waals surface area contributed by atoms with Gasteiger partial charge in [0.15, 0.2) is 0 Å². The first-order chi connectivity index (χ1) is 14.0. The summed E-state index contributed by atoms with van der Waals surface area (Å²) in [4.78, 5) is 10.4. The molecule has 1 N–H and O–H groups in total. The quantitative estimate of drug-likeness (QED) is 0.207. The van der Waals surface area contributed by atoms with Gasteiger partial charge in [0.1, 0.15) is 0 Å². The molecule has 8 heteroatoms. The van der Waals surface area contributed by atoms with Crippen LogP contribution in [0.5, 0.6) is 0 Å². The summed E-state index contributed by atoms with van der Waals surface area (Å²) in [6.45, 7) is 4.84. The molecule has 0 aliphatic heterocycles. The lowest BCUT2D eigenvalue weighted by Crippen LogP contribution is -2.01. The monoisotopic (exact) mass is 501 g/mol. The van der Waals surface area contributed by atoms with E-state index < -0.39 is 4.92 Å². The fourth-order valence-corrected chi connectivity index (χ4v) is 2.99. The Morgan fingerprint density at radius 1 is 1.24 bits per heavy atom. The molecule has 0 spiro atoms. The van der Waals surface area contributed by atoms with E-state index in [0.717, 1.165) is 32.6 Å². The lowest BCUT2D eigenvalue weighted by molar-refractivity contribution is -0.384. The number of benzene rings is 2. The van der Waals surface area contributed by atoms with Gasteiger partial charge in [0.2, 0.25) is 0 Å². The first kappa shape index (κ1) is 20.7. The van der Waals surface area contributed by atoms with E-state index >= 15 is 0 Å². The van der Waals surface area contributed by atoms with Gasteiger partial charge in [0, 0.05) is 39.6 Å². The summed E-state index contributed by atoms with van der Waals surface area (Å²) in [5.74, 6) is 0. The molecule has 0 radical (unpaired) electrons. The molecule has 1 aromatic heterocycles. The topological polar surface area (TPSA) is 85.3 Å². The average Bonchev–Trinajstić information content (AvgIpc) is 3.09. The van der Waals surface area contributed by atoms with Crippen molar-refractivity contribution in [2.45, 2.75) is 20.4 Å². The molecule has 7 nitrogen and oxygen atoms in total. The minimum absolute atomic E-state index is 0.0423. The second-order valence-corrected chi connectivity index (χ2v) is 7.52. The number of aromatic nitrogens is 2. The molecule has 0 unspecified atom stereocenters. The van der Waals surface area contributed by atoms with Crippen molar-refractivity contribution < 1.29 is 4.92 Å². The second-order valence-electron chi connectivity index (χ2n) is 6.28. The Morgan fingerprint density at radius 2 is 1.93 bits per heavy atom. The maximum atomic E-state index is 10.8. The second kappa shape index (κ2) is 9.46. The lowest BCUT2D eigenvalue weighted by atomic mass is 10.1. The standard InChI is InChI=1S/C21H20IN5O2/c1-3-26-14-17(15(2)25-26)6-13-21(16-4-7-18(22)8-5-16)24-23-19-9-11-20(12-10-19)27(28)29/h4-14,23H,3H2,1-2H3. The highest BCUT2D eigenvalue weighted by molar-refractivity contribution is 14.1. The number of halogens is 1. The first-order valence-corrected chi connectivity index (χ1v) is 10.1. The number of hydrogen-bond acceptors (Lipinski definition) is 5. The SMILES string of the molecule is CCn1cc(C=CC(=NNc2ccc([N+](=O)[O-])cc2)c2ccc(I)cc2)c(C)n1. The van der Waals surface area contributed by atoms with E-state index in [1.165, 1.54) is 12.1 Å². The van der Waals surface area contributed by atoms with Crippen LogP contribution in [-0.2, 0) is 6.54 Å². The molecule has 0 fully saturated rings. The predicted octanol–water partition coefficient (Wildman–Crippen LogP) is 5.25. The fraction of sp³-hybridized carbons (Fsp3) is 0.143. The first-order valence-electron chi connectivity index (χ1n) is 9.02. The molecule has 29 heavy (non-hydrogen) atoms. The van der Waals surface area contributed by atoms with Crippen LogP contribution >= 0.6 is 22.6 Å². The van der Waals surface area contributed by atoms with E-state index in [1.54, 1.807) is 12.1 Å². The van der Waals surface area contributed by atoms with E-state index in [0.29, 0.717) is 5.69 Å². The van der Waals surface area contributed by atoms with Gasteiger partial charge in [-0.25, -0.2) is 0 Å². The van der Waals surface area contributed by atoms with E-state index in [9.17, 15) is 10.1 Å². The molecule has 0 saturated heterocycles. The van der Waals surface area contributed by atoms with Crippen LogP contribution in [-0.4, -0.2) is 20.4 Å². The molecular formula is C21H20IN5O2. The van der Waals surface area contributed by atoms with Gasteiger partial charge in [0.25, 0.3) is 5.69 Å². The molecular weight excluding hydrogens is 481 g/mol.